The van der Waals surface area contributed by atoms with Crippen LogP contribution in [0, 0.1) is 0 Å². The summed E-state index contributed by atoms with van der Waals surface area (Å²) in [6.07, 6.45) is 0.715. The molecule has 4 nitrogen and oxygen atoms in total. The number of rotatable bonds is 4. The predicted octanol–water partition coefficient (Wildman–Crippen LogP) is 3.08. The van der Waals surface area contributed by atoms with Crippen molar-refractivity contribution in [2.75, 3.05) is 5.43 Å². The maximum atomic E-state index is 5.50. The summed E-state index contributed by atoms with van der Waals surface area (Å²) in [6.45, 7) is 0. The monoisotopic (exact) mass is 282 g/mol. The summed E-state index contributed by atoms with van der Waals surface area (Å²) in [5.41, 5.74) is 4.54. The van der Waals surface area contributed by atoms with Crippen LogP contribution in [0.25, 0.3) is 11.3 Å². The third-order valence-electron chi connectivity index (χ3n) is 2.90. The lowest BCUT2D eigenvalue weighted by Gasteiger charge is -2.07. The number of thiophene rings is 1. The molecular formula is C15H14N4S. The zero-order chi connectivity index (χ0) is 13.8. The van der Waals surface area contributed by atoms with Crippen molar-refractivity contribution in [2.24, 2.45) is 5.84 Å². The Labute approximate surface area is 121 Å². The highest BCUT2D eigenvalue weighted by atomic mass is 32.1. The second-order valence-corrected chi connectivity index (χ2v) is 5.35. The second-order valence-electron chi connectivity index (χ2n) is 4.32. The highest BCUT2D eigenvalue weighted by Crippen LogP contribution is 2.21. The highest BCUT2D eigenvalue weighted by Gasteiger charge is 2.07. The van der Waals surface area contributed by atoms with Gasteiger partial charge in [0.2, 0.25) is 0 Å². The number of anilines is 1. The Morgan fingerprint density at radius 1 is 1.05 bits per heavy atom. The van der Waals surface area contributed by atoms with E-state index in [1.165, 1.54) is 4.88 Å². The molecule has 0 atom stereocenters. The number of nitrogens with zero attached hydrogens (tertiary/aromatic N) is 2. The lowest BCUT2D eigenvalue weighted by molar-refractivity contribution is 0.981. The van der Waals surface area contributed by atoms with Gasteiger partial charge in [0.15, 0.2) is 0 Å². The molecule has 3 rings (SSSR count). The maximum absolute atomic E-state index is 5.50. The van der Waals surface area contributed by atoms with Gasteiger partial charge in [-0.05, 0) is 11.4 Å². The fourth-order valence-electron chi connectivity index (χ4n) is 1.98. The Kier molecular flexibility index (Phi) is 3.71. The van der Waals surface area contributed by atoms with E-state index in [9.17, 15) is 0 Å². The van der Waals surface area contributed by atoms with Crippen LogP contribution in [-0.2, 0) is 6.42 Å². The van der Waals surface area contributed by atoms with E-state index >= 15 is 0 Å². The SMILES string of the molecule is NNc1cc(-c2ccccc2)nc(Cc2cccs2)n1. The van der Waals surface area contributed by atoms with Crippen LogP contribution in [-0.4, -0.2) is 9.97 Å². The van der Waals surface area contributed by atoms with Gasteiger partial charge in [0.25, 0.3) is 0 Å². The Balaban J connectivity index is 1.99. The molecule has 0 aliphatic heterocycles. The molecule has 0 radical (unpaired) electrons. The smallest absolute Gasteiger partial charge is 0.144 e. The zero-order valence-electron chi connectivity index (χ0n) is 10.8. The van der Waals surface area contributed by atoms with Gasteiger partial charge in [0.1, 0.15) is 11.6 Å². The lowest BCUT2D eigenvalue weighted by atomic mass is 10.1. The van der Waals surface area contributed by atoms with Crippen molar-refractivity contribution >= 4 is 17.2 Å². The van der Waals surface area contributed by atoms with Crippen LogP contribution in [0.5, 0.6) is 0 Å². The summed E-state index contributed by atoms with van der Waals surface area (Å²) in [6, 6.07) is 16.0. The summed E-state index contributed by atoms with van der Waals surface area (Å²) in [5, 5.41) is 2.05. The molecule has 0 amide bonds. The van der Waals surface area contributed by atoms with Crippen molar-refractivity contribution in [3.8, 4) is 11.3 Å². The van der Waals surface area contributed by atoms with Crippen molar-refractivity contribution < 1.29 is 0 Å². The fourth-order valence-corrected chi connectivity index (χ4v) is 2.68. The molecule has 2 aromatic heterocycles. The van der Waals surface area contributed by atoms with Crippen LogP contribution >= 0.6 is 11.3 Å². The summed E-state index contributed by atoms with van der Waals surface area (Å²) in [4.78, 5) is 10.3. The van der Waals surface area contributed by atoms with Gasteiger partial charge in [-0.1, -0.05) is 36.4 Å². The van der Waals surface area contributed by atoms with Gasteiger partial charge < -0.3 is 5.43 Å². The van der Waals surface area contributed by atoms with Crippen molar-refractivity contribution in [3.63, 3.8) is 0 Å². The zero-order valence-corrected chi connectivity index (χ0v) is 11.6. The first kappa shape index (κ1) is 12.8. The Hall–Kier alpha value is -2.24. The third kappa shape index (κ3) is 2.84. The molecular weight excluding hydrogens is 268 g/mol. The molecule has 3 aromatic rings. The van der Waals surface area contributed by atoms with Crippen molar-refractivity contribution in [2.45, 2.75) is 6.42 Å². The Morgan fingerprint density at radius 2 is 1.90 bits per heavy atom. The van der Waals surface area contributed by atoms with E-state index in [0.29, 0.717) is 12.2 Å². The normalized spacial score (nSPS) is 10.4. The molecule has 0 unspecified atom stereocenters. The minimum atomic E-state index is 0.630. The number of hydrogen-bond acceptors (Lipinski definition) is 5. The van der Waals surface area contributed by atoms with Gasteiger partial charge in [-0.3, -0.25) is 0 Å². The molecule has 0 spiro atoms. The largest absolute Gasteiger partial charge is 0.308 e. The first-order chi connectivity index (χ1) is 9.85. The van der Waals surface area contributed by atoms with E-state index in [-0.39, 0.29) is 0 Å². The van der Waals surface area contributed by atoms with Gasteiger partial charge in [-0.25, -0.2) is 15.8 Å². The number of aromatic nitrogens is 2. The molecule has 0 saturated heterocycles. The number of hydrogen-bond donors (Lipinski definition) is 2. The van der Waals surface area contributed by atoms with Gasteiger partial charge in [-0.2, -0.15) is 0 Å². The minimum Gasteiger partial charge on any atom is -0.308 e. The number of nitrogens with two attached hydrogens (primary N) is 1. The molecule has 100 valence electrons. The van der Waals surface area contributed by atoms with Crippen molar-refractivity contribution in [1.29, 1.82) is 0 Å². The predicted molar refractivity (Wildman–Crippen MR) is 82.4 cm³/mol. The first-order valence-electron chi connectivity index (χ1n) is 6.27. The molecule has 2 heterocycles. The third-order valence-corrected chi connectivity index (χ3v) is 3.78. The number of nitrogens with one attached hydrogen (secondary N) is 1. The standard InChI is InChI=1S/C15H14N4S/c16-19-15-10-13(11-5-2-1-3-6-11)17-14(18-15)9-12-7-4-8-20-12/h1-8,10H,9,16H2,(H,17,18,19). The maximum Gasteiger partial charge on any atom is 0.144 e. The van der Waals surface area contributed by atoms with E-state index in [2.05, 4.69) is 26.8 Å². The van der Waals surface area contributed by atoms with Crippen LogP contribution in [0.2, 0.25) is 0 Å². The number of nitrogen functional groups attached to an aromatic ring is 1. The van der Waals surface area contributed by atoms with E-state index in [1.54, 1.807) is 11.3 Å². The Bertz CT molecular complexity index is 680. The van der Waals surface area contributed by atoms with Crippen molar-refractivity contribution in [3.05, 3.63) is 64.6 Å². The highest BCUT2D eigenvalue weighted by molar-refractivity contribution is 7.09. The fraction of sp³-hybridized carbons (Fsp3) is 0.0667. The molecule has 0 bridgehead atoms. The Morgan fingerprint density at radius 3 is 2.60 bits per heavy atom. The molecule has 3 N–H and O–H groups in total. The minimum absolute atomic E-state index is 0.630. The van der Waals surface area contributed by atoms with E-state index in [0.717, 1.165) is 17.1 Å². The quantitative estimate of drug-likeness (QED) is 0.570. The van der Waals surface area contributed by atoms with Gasteiger partial charge in [-0.15, -0.1) is 11.3 Å². The van der Waals surface area contributed by atoms with E-state index in [1.807, 2.05) is 42.5 Å². The average molecular weight is 282 g/mol. The summed E-state index contributed by atoms with van der Waals surface area (Å²) in [7, 11) is 0. The molecule has 0 fully saturated rings. The van der Waals surface area contributed by atoms with Crippen LogP contribution in [0.15, 0.2) is 53.9 Å². The van der Waals surface area contributed by atoms with E-state index < -0.39 is 0 Å². The average Bonchev–Trinajstić information content (AvgIpc) is 3.00. The number of benzene rings is 1. The summed E-state index contributed by atoms with van der Waals surface area (Å²) in [5.74, 6) is 6.90. The molecule has 1 aromatic carbocycles. The van der Waals surface area contributed by atoms with Gasteiger partial charge in [0.05, 0.1) is 5.69 Å². The van der Waals surface area contributed by atoms with Crippen LogP contribution in [0.1, 0.15) is 10.7 Å². The molecule has 20 heavy (non-hydrogen) atoms. The first-order valence-corrected chi connectivity index (χ1v) is 7.15. The van der Waals surface area contributed by atoms with Crippen LogP contribution in [0.4, 0.5) is 5.82 Å². The van der Waals surface area contributed by atoms with Crippen molar-refractivity contribution in [1.82, 2.24) is 9.97 Å². The van der Waals surface area contributed by atoms with E-state index in [4.69, 9.17) is 5.84 Å². The lowest BCUT2D eigenvalue weighted by Crippen LogP contribution is -2.11. The molecule has 5 heteroatoms. The second kappa shape index (κ2) is 5.81. The molecule has 0 aliphatic carbocycles. The molecule has 0 saturated carbocycles. The summed E-state index contributed by atoms with van der Waals surface area (Å²) < 4.78 is 0. The topological polar surface area (TPSA) is 63.8 Å². The summed E-state index contributed by atoms with van der Waals surface area (Å²) >= 11 is 1.70. The van der Waals surface area contributed by atoms with Gasteiger partial charge >= 0.3 is 0 Å². The van der Waals surface area contributed by atoms with Crippen LogP contribution in [0.3, 0.4) is 0 Å². The number of hydrazine groups is 1. The molecule has 0 aliphatic rings. The van der Waals surface area contributed by atoms with Gasteiger partial charge in [0, 0.05) is 22.9 Å². The van der Waals surface area contributed by atoms with Crippen LogP contribution < -0.4 is 11.3 Å².